The Hall–Kier alpha value is -1.79. The van der Waals surface area contributed by atoms with Crippen LogP contribution in [0.15, 0.2) is 11.1 Å². The molecule has 11 heteroatoms. The highest BCUT2D eigenvalue weighted by Gasteiger charge is 2.34. The molecule has 0 saturated carbocycles. The summed E-state index contributed by atoms with van der Waals surface area (Å²) >= 11 is 0. The van der Waals surface area contributed by atoms with Gasteiger partial charge in [0.05, 0.1) is 6.04 Å². The number of carbonyl (C=O) groups excluding carboxylic acids is 1. The van der Waals surface area contributed by atoms with E-state index in [1.807, 2.05) is 0 Å². The van der Waals surface area contributed by atoms with Gasteiger partial charge in [0.15, 0.2) is 29.2 Å². The van der Waals surface area contributed by atoms with E-state index in [9.17, 15) is 22.4 Å². The lowest BCUT2D eigenvalue weighted by Gasteiger charge is -2.40. The first-order valence-electron chi connectivity index (χ1n) is 8.28. The molecule has 28 heavy (non-hydrogen) atoms. The maximum absolute atomic E-state index is 13.7. The summed E-state index contributed by atoms with van der Waals surface area (Å²) in [6, 6.07) is 0.00331. The second-order valence-electron chi connectivity index (χ2n) is 7.10. The maximum Gasteiger partial charge on any atom is 0.410 e. The topological polar surface area (TPSA) is 66.0 Å². The Kier molecular flexibility index (Phi) is 8.32. The van der Waals surface area contributed by atoms with E-state index in [4.69, 9.17) is 4.74 Å². The zero-order chi connectivity index (χ0) is 20.4. The van der Waals surface area contributed by atoms with Gasteiger partial charge in [-0.1, -0.05) is 0 Å². The van der Waals surface area contributed by atoms with Crippen LogP contribution in [0.4, 0.5) is 22.4 Å². The van der Waals surface area contributed by atoms with Gasteiger partial charge in [0.2, 0.25) is 0 Å². The third kappa shape index (κ3) is 6.11. The van der Waals surface area contributed by atoms with Crippen molar-refractivity contribution in [3.8, 4) is 0 Å². The molecule has 1 fully saturated rings. The maximum atomic E-state index is 13.7. The minimum absolute atomic E-state index is 0. The summed E-state index contributed by atoms with van der Waals surface area (Å²) in [5, 5.41) is 5.54. The minimum atomic E-state index is -1.47. The molecular formula is C17H23F4IN4O2. The van der Waals surface area contributed by atoms with Crippen LogP contribution >= 0.6 is 24.0 Å². The van der Waals surface area contributed by atoms with E-state index in [2.05, 4.69) is 15.6 Å². The summed E-state index contributed by atoms with van der Waals surface area (Å²) in [5.74, 6) is -5.69. The SMILES string of the molecule is CN=C(NCc1c(F)c(F)cc(F)c1F)NC1CN(C(=O)OC(C)(C)C)C1.I. The fourth-order valence-corrected chi connectivity index (χ4v) is 2.38. The number of nitrogens with zero attached hydrogens (tertiary/aromatic N) is 2. The lowest BCUT2D eigenvalue weighted by Crippen LogP contribution is -2.63. The molecule has 0 radical (unpaired) electrons. The highest BCUT2D eigenvalue weighted by atomic mass is 127. The monoisotopic (exact) mass is 518 g/mol. The highest BCUT2D eigenvalue weighted by Crippen LogP contribution is 2.19. The van der Waals surface area contributed by atoms with Crippen molar-refractivity contribution in [3.05, 3.63) is 34.9 Å². The zero-order valence-corrected chi connectivity index (χ0v) is 18.2. The molecule has 0 spiro atoms. The van der Waals surface area contributed by atoms with Gasteiger partial charge in [-0.3, -0.25) is 4.99 Å². The Balaban J connectivity index is 0.00000392. The van der Waals surface area contributed by atoms with E-state index in [0.717, 1.165) is 0 Å². The summed E-state index contributed by atoms with van der Waals surface area (Å²) < 4.78 is 59.0. The Labute approximate surface area is 177 Å². The van der Waals surface area contributed by atoms with Gasteiger partial charge >= 0.3 is 6.09 Å². The number of guanidine groups is 1. The van der Waals surface area contributed by atoms with Crippen molar-refractivity contribution >= 4 is 36.0 Å². The summed E-state index contributed by atoms with van der Waals surface area (Å²) in [7, 11) is 1.43. The number of likely N-dealkylation sites (tertiary alicyclic amines) is 1. The van der Waals surface area contributed by atoms with E-state index < -0.39 is 47.1 Å². The van der Waals surface area contributed by atoms with Gasteiger partial charge in [-0.2, -0.15) is 0 Å². The number of ether oxygens (including phenoxy) is 1. The molecule has 1 heterocycles. The second-order valence-corrected chi connectivity index (χ2v) is 7.10. The molecule has 1 aromatic carbocycles. The fourth-order valence-electron chi connectivity index (χ4n) is 2.38. The summed E-state index contributed by atoms with van der Waals surface area (Å²) in [6.07, 6.45) is -0.442. The van der Waals surface area contributed by atoms with Crippen molar-refractivity contribution in [2.24, 2.45) is 4.99 Å². The van der Waals surface area contributed by atoms with E-state index in [1.165, 1.54) is 11.9 Å². The molecule has 2 rings (SSSR count). The van der Waals surface area contributed by atoms with Crippen molar-refractivity contribution in [2.45, 2.75) is 39.0 Å². The predicted octanol–water partition coefficient (Wildman–Crippen LogP) is 3.15. The van der Waals surface area contributed by atoms with Crippen LogP contribution in [0.5, 0.6) is 0 Å². The standard InChI is InChI=1S/C17H22F4N4O2.HI/c1-17(2,3)27-16(26)25-7-9(8-25)24-15(22-4)23-6-10-13(20)11(18)5-12(19)14(10)21;/h5,9H,6-8H2,1-4H3,(H2,22,23,24);1H. The summed E-state index contributed by atoms with van der Waals surface area (Å²) in [6.45, 7) is 5.49. The Morgan fingerprint density at radius 3 is 2.21 bits per heavy atom. The van der Waals surface area contributed by atoms with Crippen molar-refractivity contribution in [1.29, 1.82) is 0 Å². The van der Waals surface area contributed by atoms with E-state index in [0.29, 0.717) is 13.1 Å². The first kappa shape index (κ1) is 24.2. The molecule has 0 unspecified atom stereocenters. The van der Waals surface area contributed by atoms with E-state index in [1.54, 1.807) is 20.8 Å². The molecule has 1 amide bonds. The highest BCUT2D eigenvalue weighted by molar-refractivity contribution is 14.0. The van der Waals surface area contributed by atoms with Crippen LogP contribution < -0.4 is 10.6 Å². The first-order valence-corrected chi connectivity index (χ1v) is 8.28. The quantitative estimate of drug-likeness (QED) is 0.212. The van der Waals surface area contributed by atoms with Gasteiger partial charge in [-0.05, 0) is 20.8 Å². The van der Waals surface area contributed by atoms with Crippen LogP contribution in [-0.4, -0.2) is 48.7 Å². The molecule has 1 saturated heterocycles. The number of hydrogen-bond donors (Lipinski definition) is 2. The van der Waals surface area contributed by atoms with Gasteiger partial charge in [-0.15, -0.1) is 24.0 Å². The molecule has 1 aromatic rings. The van der Waals surface area contributed by atoms with Crippen molar-refractivity contribution in [3.63, 3.8) is 0 Å². The second kappa shape index (κ2) is 9.61. The Morgan fingerprint density at radius 1 is 1.21 bits per heavy atom. The Morgan fingerprint density at radius 2 is 1.75 bits per heavy atom. The molecule has 158 valence electrons. The van der Waals surface area contributed by atoms with Crippen molar-refractivity contribution < 1.29 is 27.1 Å². The van der Waals surface area contributed by atoms with Crippen LogP contribution in [0.3, 0.4) is 0 Å². The number of halogens is 5. The van der Waals surface area contributed by atoms with Gasteiger partial charge < -0.3 is 20.3 Å². The minimum Gasteiger partial charge on any atom is -0.444 e. The normalized spacial score (nSPS) is 14.9. The van der Waals surface area contributed by atoms with Gasteiger partial charge in [0, 0.05) is 38.3 Å². The lowest BCUT2D eigenvalue weighted by molar-refractivity contribution is 0.00700. The summed E-state index contributed by atoms with van der Waals surface area (Å²) in [4.78, 5) is 17.2. The van der Waals surface area contributed by atoms with E-state index >= 15 is 0 Å². The smallest absolute Gasteiger partial charge is 0.410 e. The number of rotatable bonds is 3. The number of hydrogen-bond acceptors (Lipinski definition) is 3. The largest absolute Gasteiger partial charge is 0.444 e. The molecule has 0 aromatic heterocycles. The average molecular weight is 518 g/mol. The van der Waals surface area contributed by atoms with Crippen molar-refractivity contribution in [1.82, 2.24) is 15.5 Å². The summed E-state index contributed by atoms with van der Waals surface area (Å²) in [5.41, 5.74) is -1.36. The van der Waals surface area contributed by atoms with Crippen LogP contribution in [0.25, 0.3) is 0 Å². The number of carbonyl (C=O) groups is 1. The molecule has 1 aliphatic heterocycles. The third-order valence-electron chi connectivity index (χ3n) is 3.73. The van der Waals surface area contributed by atoms with Crippen molar-refractivity contribution in [2.75, 3.05) is 20.1 Å². The molecule has 2 N–H and O–H groups in total. The van der Waals surface area contributed by atoms with Crippen LogP contribution in [0, 0.1) is 23.3 Å². The molecule has 0 atom stereocenters. The zero-order valence-electron chi connectivity index (χ0n) is 15.9. The number of aliphatic imine (C=N–C) groups is 1. The van der Waals surface area contributed by atoms with Gasteiger partial charge in [-0.25, -0.2) is 22.4 Å². The molecular weight excluding hydrogens is 495 g/mol. The number of benzene rings is 1. The number of amides is 1. The third-order valence-corrected chi connectivity index (χ3v) is 3.73. The average Bonchev–Trinajstić information content (AvgIpc) is 2.51. The molecule has 6 nitrogen and oxygen atoms in total. The molecule has 0 bridgehead atoms. The van der Waals surface area contributed by atoms with Crippen LogP contribution in [-0.2, 0) is 11.3 Å². The predicted molar refractivity (Wildman–Crippen MR) is 107 cm³/mol. The fraction of sp³-hybridized carbons (Fsp3) is 0.529. The van der Waals surface area contributed by atoms with E-state index in [-0.39, 0.29) is 42.0 Å². The molecule has 1 aliphatic rings. The first-order chi connectivity index (χ1) is 12.5. The van der Waals surface area contributed by atoms with Crippen LogP contribution in [0.1, 0.15) is 26.3 Å². The Bertz CT molecular complexity index is 723. The van der Waals surface area contributed by atoms with Gasteiger partial charge in [0.25, 0.3) is 0 Å². The van der Waals surface area contributed by atoms with Crippen LogP contribution in [0.2, 0.25) is 0 Å². The molecule has 0 aliphatic carbocycles. The van der Waals surface area contributed by atoms with Gasteiger partial charge in [0.1, 0.15) is 5.60 Å². The lowest BCUT2D eigenvalue weighted by atomic mass is 10.1. The number of nitrogens with one attached hydrogen (secondary N) is 2.